The second-order valence-corrected chi connectivity index (χ2v) is 3.13. The minimum absolute atomic E-state index is 0.118. The third-order valence-corrected chi connectivity index (χ3v) is 2.11. The van der Waals surface area contributed by atoms with E-state index in [0.29, 0.717) is 11.3 Å². The zero-order valence-corrected chi connectivity index (χ0v) is 8.32. The number of phenolic OH excluding ortho intramolecular Hbond substituents is 1. The van der Waals surface area contributed by atoms with Crippen molar-refractivity contribution >= 4 is 0 Å². The SMILES string of the molecule is COc1cc(O)cc(C)c1C(O)CN. The molecule has 78 valence electrons. The number of hydrogen-bond donors (Lipinski definition) is 3. The number of aromatic hydroxyl groups is 1. The highest BCUT2D eigenvalue weighted by Crippen LogP contribution is 2.31. The first-order chi connectivity index (χ1) is 6.60. The Labute approximate surface area is 82.9 Å². The summed E-state index contributed by atoms with van der Waals surface area (Å²) in [6, 6.07) is 3.03. The lowest BCUT2D eigenvalue weighted by atomic mass is 10.0. The molecule has 1 unspecified atom stereocenters. The van der Waals surface area contributed by atoms with E-state index in [1.807, 2.05) is 0 Å². The number of aryl methyl sites for hydroxylation is 1. The molecule has 0 aliphatic rings. The summed E-state index contributed by atoms with van der Waals surface area (Å²) in [7, 11) is 1.49. The topological polar surface area (TPSA) is 75.7 Å². The van der Waals surface area contributed by atoms with Crippen molar-refractivity contribution in [3.8, 4) is 11.5 Å². The van der Waals surface area contributed by atoms with E-state index in [0.717, 1.165) is 5.56 Å². The van der Waals surface area contributed by atoms with E-state index in [2.05, 4.69) is 0 Å². The molecule has 1 aromatic carbocycles. The Morgan fingerprint density at radius 2 is 2.14 bits per heavy atom. The van der Waals surface area contributed by atoms with Crippen molar-refractivity contribution in [3.63, 3.8) is 0 Å². The molecule has 4 heteroatoms. The van der Waals surface area contributed by atoms with E-state index in [4.69, 9.17) is 10.5 Å². The first-order valence-corrected chi connectivity index (χ1v) is 4.35. The number of rotatable bonds is 3. The van der Waals surface area contributed by atoms with E-state index < -0.39 is 6.10 Å². The zero-order valence-electron chi connectivity index (χ0n) is 8.32. The van der Waals surface area contributed by atoms with Crippen molar-refractivity contribution in [3.05, 3.63) is 23.3 Å². The third kappa shape index (κ3) is 1.97. The van der Waals surface area contributed by atoms with Crippen LogP contribution in [0.3, 0.4) is 0 Å². The van der Waals surface area contributed by atoms with Gasteiger partial charge in [0.15, 0.2) is 0 Å². The second kappa shape index (κ2) is 4.30. The first-order valence-electron chi connectivity index (χ1n) is 4.35. The third-order valence-electron chi connectivity index (χ3n) is 2.11. The number of phenols is 1. The van der Waals surface area contributed by atoms with Crippen molar-refractivity contribution in [2.75, 3.05) is 13.7 Å². The Balaban J connectivity index is 3.24. The Morgan fingerprint density at radius 3 is 2.64 bits per heavy atom. The number of nitrogens with two attached hydrogens (primary N) is 1. The summed E-state index contributed by atoms with van der Waals surface area (Å²) in [4.78, 5) is 0. The van der Waals surface area contributed by atoms with Gasteiger partial charge in [-0.15, -0.1) is 0 Å². The number of aliphatic hydroxyl groups is 1. The largest absolute Gasteiger partial charge is 0.508 e. The van der Waals surface area contributed by atoms with Gasteiger partial charge in [0, 0.05) is 18.2 Å². The van der Waals surface area contributed by atoms with Gasteiger partial charge in [0.25, 0.3) is 0 Å². The standard InChI is InChI=1S/C10H15NO3/c1-6-3-7(12)4-9(14-2)10(6)8(13)5-11/h3-4,8,12-13H,5,11H2,1-2H3. The predicted octanol–water partition coefficient (Wildman–Crippen LogP) is 0.701. The van der Waals surface area contributed by atoms with Crippen LogP contribution < -0.4 is 10.5 Å². The molecule has 0 amide bonds. The van der Waals surface area contributed by atoms with Crippen LogP contribution >= 0.6 is 0 Å². The molecule has 0 spiro atoms. The molecule has 0 radical (unpaired) electrons. The highest BCUT2D eigenvalue weighted by Gasteiger charge is 2.15. The van der Waals surface area contributed by atoms with Gasteiger partial charge in [-0.3, -0.25) is 0 Å². The average molecular weight is 197 g/mol. The van der Waals surface area contributed by atoms with Crippen molar-refractivity contribution in [2.45, 2.75) is 13.0 Å². The van der Waals surface area contributed by atoms with Crippen LogP contribution in [0, 0.1) is 6.92 Å². The molecule has 0 fully saturated rings. The van der Waals surface area contributed by atoms with Crippen molar-refractivity contribution in [1.29, 1.82) is 0 Å². The highest BCUT2D eigenvalue weighted by molar-refractivity contribution is 5.46. The van der Waals surface area contributed by atoms with Crippen LogP contribution in [0.25, 0.3) is 0 Å². The summed E-state index contributed by atoms with van der Waals surface area (Å²) in [5, 5.41) is 18.9. The van der Waals surface area contributed by atoms with Gasteiger partial charge in [-0.25, -0.2) is 0 Å². The van der Waals surface area contributed by atoms with Crippen molar-refractivity contribution in [1.82, 2.24) is 0 Å². The van der Waals surface area contributed by atoms with Crippen molar-refractivity contribution in [2.24, 2.45) is 5.73 Å². The lowest BCUT2D eigenvalue weighted by molar-refractivity contribution is 0.181. The predicted molar refractivity (Wildman–Crippen MR) is 53.4 cm³/mol. The van der Waals surface area contributed by atoms with Crippen LogP contribution in [0.1, 0.15) is 17.2 Å². The Morgan fingerprint density at radius 1 is 1.50 bits per heavy atom. The maximum Gasteiger partial charge on any atom is 0.128 e. The lowest BCUT2D eigenvalue weighted by Crippen LogP contribution is -2.13. The zero-order chi connectivity index (χ0) is 10.7. The molecule has 1 atom stereocenters. The highest BCUT2D eigenvalue weighted by atomic mass is 16.5. The monoisotopic (exact) mass is 197 g/mol. The number of methoxy groups -OCH3 is 1. The molecule has 0 aliphatic carbocycles. The molecule has 0 heterocycles. The summed E-state index contributed by atoms with van der Waals surface area (Å²) < 4.78 is 5.05. The second-order valence-electron chi connectivity index (χ2n) is 3.13. The molecule has 4 nitrogen and oxygen atoms in total. The van der Waals surface area contributed by atoms with Gasteiger partial charge >= 0.3 is 0 Å². The molecule has 1 rings (SSSR count). The van der Waals surface area contributed by atoms with Crippen LogP contribution in [0.5, 0.6) is 11.5 Å². The molecule has 0 bridgehead atoms. The fourth-order valence-corrected chi connectivity index (χ4v) is 1.46. The van der Waals surface area contributed by atoms with E-state index >= 15 is 0 Å². The molecular formula is C10H15NO3. The van der Waals surface area contributed by atoms with Gasteiger partial charge in [0.2, 0.25) is 0 Å². The van der Waals surface area contributed by atoms with Crippen LogP contribution in [0.4, 0.5) is 0 Å². The number of aliphatic hydroxyl groups excluding tert-OH is 1. The van der Waals surface area contributed by atoms with Crippen LogP contribution in [0.15, 0.2) is 12.1 Å². The first kappa shape index (κ1) is 10.8. The fourth-order valence-electron chi connectivity index (χ4n) is 1.46. The summed E-state index contributed by atoms with van der Waals surface area (Å²) in [6.07, 6.45) is -0.759. The van der Waals surface area contributed by atoms with Gasteiger partial charge < -0.3 is 20.7 Å². The Hall–Kier alpha value is -1.26. The summed E-state index contributed by atoms with van der Waals surface area (Å²) in [6.45, 7) is 1.92. The van der Waals surface area contributed by atoms with Crippen LogP contribution in [-0.4, -0.2) is 23.9 Å². The maximum absolute atomic E-state index is 9.63. The van der Waals surface area contributed by atoms with Gasteiger partial charge in [-0.1, -0.05) is 0 Å². The Bertz CT molecular complexity index is 325. The van der Waals surface area contributed by atoms with Crippen LogP contribution in [-0.2, 0) is 0 Å². The molecule has 1 aromatic rings. The minimum atomic E-state index is -0.759. The molecule has 4 N–H and O–H groups in total. The van der Waals surface area contributed by atoms with Gasteiger partial charge in [0.1, 0.15) is 11.5 Å². The van der Waals surface area contributed by atoms with E-state index in [1.54, 1.807) is 13.0 Å². The summed E-state index contributed by atoms with van der Waals surface area (Å²) >= 11 is 0. The Kier molecular flexibility index (Phi) is 3.33. The average Bonchev–Trinajstić information content (AvgIpc) is 2.15. The maximum atomic E-state index is 9.63. The van der Waals surface area contributed by atoms with E-state index in [-0.39, 0.29) is 12.3 Å². The van der Waals surface area contributed by atoms with E-state index in [9.17, 15) is 10.2 Å². The molecule has 0 aromatic heterocycles. The molecule has 0 saturated carbocycles. The molecule has 0 saturated heterocycles. The quantitative estimate of drug-likeness (QED) is 0.666. The minimum Gasteiger partial charge on any atom is -0.508 e. The number of benzene rings is 1. The summed E-state index contributed by atoms with van der Waals surface area (Å²) in [5.74, 6) is 0.577. The van der Waals surface area contributed by atoms with Gasteiger partial charge in [0.05, 0.1) is 13.2 Å². The lowest BCUT2D eigenvalue weighted by Gasteiger charge is -2.16. The van der Waals surface area contributed by atoms with Crippen molar-refractivity contribution < 1.29 is 14.9 Å². The summed E-state index contributed by atoms with van der Waals surface area (Å²) in [5.41, 5.74) is 6.76. The molecule has 0 aliphatic heterocycles. The van der Waals surface area contributed by atoms with E-state index in [1.165, 1.54) is 13.2 Å². The number of hydrogen-bond acceptors (Lipinski definition) is 4. The van der Waals surface area contributed by atoms with Crippen LogP contribution in [0.2, 0.25) is 0 Å². The fraction of sp³-hybridized carbons (Fsp3) is 0.400. The van der Waals surface area contributed by atoms with Gasteiger partial charge in [-0.2, -0.15) is 0 Å². The molecular weight excluding hydrogens is 182 g/mol. The smallest absolute Gasteiger partial charge is 0.128 e. The normalized spacial score (nSPS) is 12.6. The molecule has 14 heavy (non-hydrogen) atoms. The number of ether oxygens (including phenoxy) is 1. The van der Waals surface area contributed by atoms with Gasteiger partial charge in [-0.05, 0) is 18.6 Å².